The largest absolute Gasteiger partial charge is 0.480 e. The molecule has 0 aromatic heterocycles. The molecule has 15 heteroatoms. The Morgan fingerprint density at radius 2 is 0.969 bits per heavy atom. The number of nitrogens with zero attached hydrogens (tertiary/aromatic N) is 3. The first-order valence-corrected chi connectivity index (χ1v) is 23.1. The number of hydrogen-bond acceptors (Lipinski definition) is 9. The predicted molar refractivity (Wildman–Crippen MR) is 250 cm³/mol. The second-order valence-electron chi connectivity index (χ2n) is 19.4. The topological polar surface area (TPSA) is 201 Å². The van der Waals surface area contributed by atoms with Crippen molar-refractivity contribution in [2.45, 2.75) is 129 Å². The average molecular weight is 894 g/mol. The molecule has 6 atom stereocenters. The van der Waals surface area contributed by atoms with Gasteiger partial charge in [0.2, 0.25) is 23.6 Å². The first-order valence-electron chi connectivity index (χ1n) is 23.1. The highest BCUT2D eigenvalue weighted by atomic mass is 16.4. The number of rotatable bonds is 17. The van der Waals surface area contributed by atoms with Crippen molar-refractivity contribution < 1.29 is 39.0 Å². The molecule has 3 aliphatic rings. The predicted octanol–water partition coefficient (Wildman–Crippen LogP) is 6.32. The summed E-state index contributed by atoms with van der Waals surface area (Å²) in [5.74, 6) is -3.51. The summed E-state index contributed by atoms with van der Waals surface area (Å²) in [6, 6.07) is 21.8. The van der Waals surface area contributed by atoms with E-state index in [1.165, 1.54) is 5.56 Å². The minimum absolute atomic E-state index is 0.0179. The molecule has 0 saturated carbocycles. The van der Waals surface area contributed by atoms with E-state index in [4.69, 9.17) is 0 Å². The number of carboxylic acids is 2. The van der Waals surface area contributed by atoms with Crippen LogP contribution in [0.2, 0.25) is 0 Å². The van der Waals surface area contributed by atoms with E-state index < -0.39 is 36.1 Å². The fourth-order valence-electron chi connectivity index (χ4n) is 9.56. The van der Waals surface area contributed by atoms with Gasteiger partial charge in [-0.1, -0.05) is 84.9 Å². The molecule has 3 aliphatic heterocycles. The first-order chi connectivity index (χ1) is 30.8. The standard InChI is InChI=1S/C50H67N7O8/c1-30(2)44(51-28-42(58)59)48(64)55-26-8-10-40(55)46(62)53-35-18-12-32(13-19-35)38-24-25-39(57(38)37-22-16-34(17-23-37)50(5,6)7)33-14-20-36(21-15-33)54-47(63)41-11-9-27-56(41)49(65)45(31(3)4)52-29-43(60)61/h12-23,30-31,38-41,44-45,51-52H,8-11,24-29H2,1-7H3,(H,53,62)(H,54,63)(H,58,59)(H,60,61)/t38-,39-,40-,41-,44-,45-/m0/s1. The Hall–Kier alpha value is -5.80. The quantitative estimate of drug-likeness (QED) is 0.0886. The van der Waals surface area contributed by atoms with E-state index in [0.717, 1.165) is 29.7 Å². The summed E-state index contributed by atoms with van der Waals surface area (Å²) in [7, 11) is 0. The van der Waals surface area contributed by atoms with Crippen molar-refractivity contribution in [3.63, 3.8) is 0 Å². The van der Waals surface area contributed by atoms with Crippen LogP contribution in [0.3, 0.4) is 0 Å². The Bertz CT molecular complexity index is 2050. The molecule has 0 radical (unpaired) electrons. The minimum atomic E-state index is -1.05. The van der Waals surface area contributed by atoms with Crippen LogP contribution in [-0.2, 0) is 34.2 Å². The molecule has 3 aromatic rings. The number of benzene rings is 3. The molecule has 3 heterocycles. The molecular weight excluding hydrogens is 827 g/mol. The van der Waals surface area contributed by atoms with Gasteiger partial charge in [-0.25, -0.2) is 0 Å². The van der Waals surface area contributed by atoms with Crippen molar-refractivity contribution >= 4 is 52.6 Å². The number of likely N-dealkylation sites (tertiary alicyclic amines) is 2. The lowest BCUT2D eigenvalue weighted by molar-refractivity contribution is -0.141. The smallest absolute Gasteiger partial charge is 0.317 e. The Balaban J connectivity index is 1.16. The van der Waals surface area contributed by atoms with Gasteiger partial charge in [-0.2, -0.15) is 0 Å². The van der Waals surface area contributed by atoms with Gasteiger partial charge in [-0.15, -0.1) is 0 Å². The second-order valence-corrected chi connectivity index (χ2v) is 19.4. The monoisotopic (exact) mass is 894 g/mol. The zero-order valence-electron chi connectivity index (χ0n) is 38.8. The fraction of sp³-hybridized carbons (Fsp3) is 0.520. The molecule has 15 nitrogen and oxygen atoms in total. The number of carbonyl (C=O) groups excluding carboxylic acids is 4. The molecule has 0 unspecified atom stereocenters. The SMILES string of the molecule is CC(C)[C@H](NCC(=O)O)C(=O)N1CCC[C@H]1C(=O)Nc1ccc([C@@H]2CC[C@@H](c3ccc(NC(=O)[C@@H]4CCCN4C(=O)[C@@H](NCC(=O)O)C(C)C)cc3)N2c2ccc(C(C)(C)C)cc2)cc1. The summed E-state index contributed by atoms with van der Waals surface area (Å²) in [5, 5.41) is 30.1. The van der Waals surface area contributed by atoms with Gasteiger partial charge in [-0.3, -0.25) is 39.4 Å². The van der Waals surface area contributed by atoms with Crippen LogP contribution in [-0.4, -0.2) is 106 Å². The van der Waals surface area contributed by atoms with Crippen LogP contribution in [0.1, 0.15) is 116 Å². The number of hydrogen-bond donors (Lipinski definition) is 6. The Morgan fingerprint density at radius 3 is 1.31 bits per heavy atom. The van der Waals surface area contributed by atoms with Crippen molar-refractivity contribution in [2.24, 2.45) is 11.8 Å². The van der Waals surface area contributed by atoms with E-state index >= 15 is 0 Å². The van der Waals surface area contributed by atoms with Crippen LogP contribution in [0.5, 0.6) is 0 Å². The lowest BCUT2D eigenvalue weighted by atomic mass is 9.87. The highest BCUT2D eigenvalue weighted by molar-refractivity contribution is 5.99. The number of carboxylic acid groups (broad SMARTS) is 2. The lowest BCUT2D eigenvalue weighted by Gasteiger charge is -2.34. The van der Waals surface area contributed by atoms with Crippen LogP contribution < -0.4 is 26.2 Å². The normalized spacial score (nSPS) is 20.8. The lowest BCUT2D eigenvalue weighted by Crippen LogP contribution is -2.54. The summed E-state index contributed by atoms with van der Waals surface area (Å²) in [5.41, 5.74) is 5.70. The summed E-state index contributed by atoms with van der Waals surface area (Å²) >= 11 is 0. The van der Waals surface area contributed by atoms with E-state index in [0.29, 0.717) is 50.1 Å². The zero-order valence-corrected chi connectivity index (χ0v) is 38.8. The number of aliphatic carboxylic acids is 2. The molecule has 0 aliphatic carbocycles. The van der Waals surface area contributed by atoms with Crippen LogP contribution >= 0.6 is 0 Å². The molecule has 4 amide bonds. The van der Waals surface area contributed by atoms with Crippen molar-refractivity contribution in [1.82, 2.24) is 20.4 Å². The zero-order chi connectivity index (χ0) is 47.2. The van der Waals surface area contributed by atoms with E-state index in [1.807, 2.05) is 76.2 Å². The van der Waals surface area contributed by atoms with Gasteiger partial charge >= 0.3 is 11.9 Å². The highest BCUT2D eigenvalue weighted by Gasteiger charge is 2.40. The summed E-state index contributed by atoms with van der Waals surface area (Å²) < 4.78 is 0. The minimum Gasteiger partial charge on any atom is -0.480 e. The highest BCUT2D eigenvalue weighted by Crippen LogP contribution is 2.47. The van der Waals surface area contributed by atoms with Gasteiger partial charge in [0.25, 0.3) is 0 Å². The number of nitrogens with one attached hydrogen (secondary N) is 4. The third-order valence-electron chi connectivity index (χ3n) is 13.0. The molecule has 0 spiro atoms. The van der Waals surface area contributed by atoms with Gasteiger partial charge in [0.1, 0.15) is 12.1 Å². The molecule has 0 bridgehead atoms. The summed E-state index contributed by atoms with van der Waals surface area (Å²) in [6.07, 6.45) is 4.13. The molecule has 3 fully saturated rings. The van der Waals surface area contributed by atoms with E-state index in [-0.39, 0.29) is 66.1 Å². The van der Waals surface area contributed by atoms with Crippen LogP contribution in [0.25, 0.3) is 0 Å². The molecule has 350 valence electrons. The van der Waals surface area contributed by atoms with Gasteiger partial charge in [0, 0.05) is 30.2 Å². The Morgan fingerprint density at radius 1 is 0.585 bits per heavy atom. The Kier molecular flexibility index (Phi) is 15.7. The van der Waals surface area contributed by atoms with Gasteiger partial charge < -0.3 is 35.5 Å². The van der Waals surface area contributed by atoms with Gasteiger partial charge in [0.15, 0.2) is 0 Å². The summed E-state index contributed by atoms with van der Waals surface area (Å²) in [4.78, 5) is 82.5. The molecule has 6 N–H and O–H groups in total. The maximum Gasteiger partial charge on any atom is 0.317 e. The molecule has 65 heavy (non-hydrogen) atoms. The number of carbonyl (C=O) groups is 6. The number of amides is 4. The van der Waals surface area contributed by atoms with Crippen molar-refractivity contribution in [2.75, 3.05) is 41.7 Å². The van der Waals surface area contributed by atoms with Crippen LogP contribution in [0.15, 0.2) is 72.8 Å². The molecular formula is C50H67N7O8. The van der Waals surface area contributed by atoms with Gasteiger partial charge in [0.05, 0.1) is 37.3 Å². The summed E-state index contributed by atoms with van der Waals surface area (Å²) in [6.45, 7) is 14.2. The maximum atomic E-state index is 13.7. The Labute approximate surface area is 382 Å². The average Bonchev–Trinajstić information content (AvgIpc) is 4.05. The van der Waals surface area contributed by atoms with E-state index in [1.54, 1.807) is 9.80 Å². The number of anilines is 3. The van der Waals surface area contributed by atoms with Crippen molar-refractivity contribution in [3.8, 4) is 0 Å². The second kappa shape index (κ2) is 21.0. The maximum absolute atomic E-state index is 13.7. The van der Waals surface area contributed by atoms with Crippen molar-refractivity contribution in [3.05, 3.63) is 89.5 Å². The first kappa shape index (κ1) is 48.7. The molecule has 3 saturated heterocycles. The van der Waals surface area contributed by atoms with Crippen molar-refractivity contribution in [1.29, 1.82) is 0 Å². The third kappa shape index (κ3) is 11.7. The van der Waals surface area contributed by atoms with Gasteiger partial charge in [-0.05, 0) is 109 Å². The van der Waals surface area contributed by atoms with E-state index in [2.05, 4.69) is 71.2 Å². The molecule has 3 aromatic carbocycles. The molecule has 6 rings (SSSR count). The third-order valence-corrected chi connectivity index (χ3v) is 13.0. The fourth-order valence-corrected chi connectivity index (χ4v) is 9.56. The van der Waals surface area contributed by atoms with Crippen LogP contribution in [0.4, 0.5) is 17.1 Å². The van der Waals surface area contributed by atoms with Crippen LogP contribution in [0, 0.1) is 11.8 Å². The van der Waals surface area contributed by atoms with E-state index in [9.17, 15) is 39.0 Å².